The van der Waals surface area contributed by atoms with Crippen molar-refractivity contribution in [3.05, 3.63) is 46.2 Å². The summed E-state index contributed by atoms with van der Waals surface area (Å²) >= 11 is 1.37. The number of amides is 1. The summed E-state index contributed by atoms with van der Waals surface area (Å²) in [7, 11) is 1.83. The summed E-state index contributed by atoms with van der Waals surface area (Å²) in [5, 5.41) is 5.24. The molecule has 1 aromatic carbocycles. The summed E-state index contributed by atoms with van der Waals surface area (Å²) in [5.41, 5.74) is 6.42. The third kappa shape index (κ3) is 4.25. The molecule has 5 nitrogen and oxygen atoms in total. The Morgan fingerprint density at radius 1 is 1.45 bits per heavy atom. The second-order valence-corrected chi connectivity index (χ2v) is 5.76. The van der Waals surface area contributed by atoms with Gasteiger partial charge in [-0.25, -0.2) is 9.37 Å². The summed E-state index contributed by atoms with van der Waals surface area (Å²) in [6, 6.07) is 6.63. The van der Waals surface area contributed by atoms with Crippen LogP contribution in [0.3, 0.4) is 0 Å². The van der Waals surface area contributed by atoms with Crippen LogP contribution in [-0.2, 0) is 6.54 Å². The molecule has 0 aliphatic heterocycles. The standard InChI is InChI=1S/C15H19FN4OS/c1-20(13-6-3-2-5-11(13)16)8-4-7-18-15(21)12-10-22-14(9-17)19-12/h2-3,5-6,10H,4,7-9,17H2,1H3,(H,18,21). The van der Waals surface area contributed by atoms with Gasteiger partial charge in [0.15, 0.2) is 0 Å². The van der Waals surface area contributed by atoms with E-state index in [0.29, 0.717) is 37.4 Å². The van der Waals surface area contributed by atoms with E-state index in [9.17, 15) is 9.18 Å². The maximum Gasteiger partial charge on any atom is 0.270 e. The Bertz CT molecular complexity index is 632. The summed E-state index contributed by atoms with van der Waals surface area (Å²) in [5.74, 6) is -0.449. The van der Waals surface area contributed by atoms with Crippen molar-refractivity contribution < 1.29 is 9.18 Å². The predicted octanol–water partition coefficient (Wildman–Crippen LogP) is 2.00. The van der Waals surface area contributed by atoms with Crippen molar-refractivity contribution in [1.29, 1.82) is 0 Å². The Hall–Kier alpha value is -1.99. The van der Waals surface area contributed by atoms with Crippen molar-refractivity contribution in [2.24, 2.45) is 5.73 Å². The second-order valence-electron chi connectivity index (χ2n) is 4.81. The molecule has 0 aliphatic carbocycles. The molecule has 0 saturated heterocycles. The molecule has 22 heavy (non-hydrogen) atoms. The van der Waals surface area contributed by atoms with Gasteiger partial charge in [0.25, 0.3) is 5.91 Å². The summed E-state index contributed by atoms with van der Waals surface area (Å²) in [6.07, 6.45) is 0.713. The summed E-state index contributed by atoms with van der Waals surface area (Å²) in [4.78, 5) is 17.8. The number of benzene rings is 1. The topological polar surface area (TPSA) is 71.2 Å². The van der Waals surface area contributed by atoms with Gasteiger partial charge in [0.05, 0.1) is 5.69 Å². The van der Waals surface area contributed by atoms with E-state index >= 15 is 0 Å². The number of hydrogen-bond acceptors (Lipinski definition) is 5. The highest BCUT2D eigenvalue weighted by atomic mass is 32.1. The van der Waals surface area contributed by atoms with E-state index in [0.717, 1.165) is 5.01 Å². The number of nitrogens with two attached hydrogens (primary N) is 1. The molecule has 118 valence electrons. The third-order valence-electron chi connectivity index (χ3n) is 3.18. The highest BCUT2D eigenvalue weighted by Crippen LogP contribution is 2.16. The predicted molar refractivity (Wildman–Crippen MR) is 86.6 cm³/mol. The number of hydrogen-bond donors (Lipinski definition) is 2. The van der Waals surface area contributed by atoms with Gasteiger partial charge in [-0.1, -0.05) is 12.1 Å². The van der Waals surface area contributed by atoms with Crippen molar-refractivity contribution in [2.75, 3.05) is 25.0 Å². The number of rotatable bonds is 7. The van der Waals surface area contributed by atoms with Gasteiger partial charge in [-0.05, 0) is 18.6 Å². The van der Waals surface area contributed by atoms with E-state index in [1.54, 1.807) is 23.6 Å². The molecule has 7 heteroatoms. The zero-order chi connectivity index (χ0) is 15.9. The van der Waals surface area contributed by atoms with Crippen LogP contribution in [0.25, 0.3) is 0 Å². The molecule has 3 N–H and O–H groups in total. The molecule has 0 bridgehead atoms. The molecule has 0 radical (unpaired) electrons. The SMILES string of the molecule is CN(CCCNC(=O)c1csc(CN)n1)c1ccccc1F. The molecular formula is C15H19FN4OS. The molecule has 2 rings (SSSR count). The van der Waals surface area contributed by atoms with E-state index in [1.165, 1.54) is 17.4 Å². The Balaban J connectivity index is 1.75. The minimum Gasteiger partial charge on any atom is -0.372 e. The van der Waals surface area contributed by atoms with E-state index in [-0.39, 0.29) is 11.7 Å². The van der Waals surface area contributed by atoms with Crippen LogP contribution in [0.2, 0.25) is 0 Å². The quantitative estimate of drug-likeness (QED) is 0.765. The lowest BCUT2D eigenvalue weighted by molar-refractivity contribution is 0.0949. The molecule has 0 aliphatic rings. The van der Waals surface area contributed by atoms with Crippen molar-refractivity contribution >= 4 is 22.9 Å². The lowest BCUT2D eigenvalue weighted by Gasteiger charge is -2.19. The number of carbonyl (C=O) groups is 1. The fourth-order valence-electron chi connectivity index (χ4n) is 2.00. The Labute approximate surface area is 133 Å². The minimum atomic E-state index is -0.245. The van der Waals surface area contributed by atoms with Gasteiger partial charge in [-0.15, -0.1) is 11.3 Å². The molecule has 0 fully saturated rings. The van der Waals surface area contributed by atoms with Gasteiger partial charge in [-0.3, -0.25) is 4.79 Å². The lowest BCUT2D eigenvalue weighted by atomic mass is 10.2. The monoisotopic (exact) mass is 322 g/mol. The highest BCUT2D eigenvalue weighted by molar-refractivity contribution is 7.09. The van der Waals surface area contributed by atoms with Gasteiger partial charge >= 0.3 is 0 Å². The molecule has 0 atom stereocenters. The van der Waals surface area contributed by atoms with Crippen molar-refractivity contribution in [3.8, 4) is 0 Å². The number of carbonyl (C=O) groups excluding carboxylic acids is 1. The summed E-state index contributed by atoms with van der Waals surface area (Å²) in [6.45, 7) is 1.49. The number of nitrogens with zero attached hydrogens (tertiary/aromatic N) is 2. The number of para-hydroxylation sites is 1. The van der Waals surface area contributed by atoms with Crippen LogP contribution in [0.1, 0.15) is 21.9 Å². The van der Waals surface area contributed by atoms with Crippen LogP contribution in [0.15, 0.2) is 29.6 Å². The van der Waals surface area contributed by atoms with Gasteiger partial charge in [-0.2, -0.15) is 0 Å². The van der Waals surface area contributed by atoms with Crippen LogP contribution >= 0.6 is 11.3 Å². The van der Waals surface area contributed by atoms with Crippen LogP contribution in [0.4, 0.5) is 10.1 Å². The van der Waals surface area contributed by atoms with E-state index < -0.39 is 0 Å². The molecule has 0 saturated carbocycles. The number of halogens is 1. The molecular weight excluding hydrogens is 303 g/mol. The number of nitrogens with one attached hydrogen (secondary N) is 1. The molecule has 2 aromatic rings. The van der Waals surface area contributed by atoms with Crippen molar-refractivity contribution in [3.63, 3.8) is 0 Å². The zero-order valence-electron chi connectivity index (χ0n) is 12.4. The average Bonchev–Trinajstić information content (AvgIpc) is 3.00. The van der Waals surface area contributed by atoms with Crippen molar-refractivity contribution in [2.45, 2.75) is 13.0 Å². The fraction of sp³-hybridized carbons (Fsp3) is 0.333. The first-order chi connectivity index (χ1) is 10.6. The van der Waals surface area contributed by atoms with Gasteiger partial charge in [0.2, 0.25) is 0 Å². The van der Waals surface area contributed by atoms with Crippen LogP contribution in [-0.4, -0.2) is 31.0 Å². The first kappa shape index (κ1) is 16.4. The van der Waals surface area contributed by atoms with Crippen molar-refractivity contribution in [1.82, 2.24) is 10.3 Å². The van der Waals surface area contributed by atoms with Crippen LogP contribution < -0.4 is 16.0 Å². The van der Waals surface area contributed by atoms with Gasteiger partial charge < -0.3 is 16.0 Å². The van der Waals surface area contributed by atoms with Gasteiger partial charge in [0, 0.05) is 32.1 Å². The Kier molecular flexibility index (Phi) is 5.85. The number of anilines is 1. The molecule has 1 heterocycles. The van der Waals surface area contributed by atoms with Crippen LogP contribution in [0, 0.1) is 5.82 Å². The maximum absolute atomic E-state index is 13.6. The highest BCUT2D eigenvalue weighted by Gasteiger charge is 2.10. The Morgan fingerprint density at radius 3 is 2.91 bits per heavy atom. The first-order valence-electron chi connectivity index (χ1n) is 7.00. The normalized spacial score (nSPS) is 10.5. The fourth-order valence-corrected chi connectivity index (χ4v) is 2.65. The maximum atomic E-state index is 13.6. The largest absolute Gasteiger partial charge is 0.372 e. The molecule has 0 unspecified atom stereocenters. The van der Waals surface area contributed by atoms with Crippen LogP contribution in [0.5, 0.6) is 0 Å². The molecule has 0 spiro atoms. The van der Waals surface area contributed by atoms with E-state index in [4.69, 9.17) is 5.73 Å². The van der Waals surface area contributed by atoms with E-state index in [2.05, 4.69) is 10.3 Å². The average molecular weight is 322 g/mol. The number of thiazole rings is 1. The van der Waals surface area contributed by atoms with E-state index in [1.807, 2.05) is 11.9 Å². The summed E-state index contributed by atoms with van der Waals surface area (Å²) < 4.78 is 13.6. The minimum absolute atomic E-state index is 0.204. The first-order valence-corrected chi connectivity index (χ1v) is 7.88. The third-order valence-corrected chi connectivity index (χ3v) is 4.05. The van der Waals surface area contributed by atoms with Gasteiger partial charge in [0.1, 0.15) is 16.5 Å². The lowest BCUT2D eigenvalue weighted by Crippen LogP contribution is -2.28. The molecule has 1 aromatic heterocycles. The number of aromatic nitrogens is 1. The second kappa shape index (κ2) is 7.86. The molecule has 1 amide bonds. The smallest absolute Gasteiger partial charge is 0.270 e. The zero-order valence-corrected chi connectivity index (χ0v) is 13.2. The Morgan fingerprint density at radius 2 is 2.23 bits per heavy atom.